The van der Waals surface area contributed by atoms with Crippen LogP contribution in [-0.4, -0.2) is 86.1 Å². The first kappa shape index (κ1) is 29.6. The van der Waals surface area contributed by atoms with Gasteiger partial charge < -0.3 is 24.2 Å². The summed E-state index contributed by atoms with van der Waals surface area (Å²) < 4.78 is 66.7. The summed E-state index contributed by atoms with van der Waals surface area (Å²) in [5.74, 6) is -5.25. The summed E-state index contributed by atoms with van der Waals surface area (Å²) in [6.07, 6.45) is -3.14. The number of hydrogen-bond donors (Lipinski definition) is 0. The molecule has 2 aromatic rings. The summed E-state index contributed by atoms with van der Waals surface area (Å²) in [5, 5.41) is 0.395. The minimum Gasteiger partial charge on any atom is -0.375 e. The van der Waals surface area contributed by atoms with Gasteiger partial charge in [0.2, 0.25) is 5.60 Å². The number of rotatable bonds is 6. The van der Waals surface area contributed by atoms with Gasteiger partial charge in [-0.2, -0.15) is 17.6 Å². The monoisotopic (exact) mass is 597 g/mol. The molecule has 3 aliphatic heterocycles. The van der Waals surface area contributed by atoms with E-state index < -0.39 is 23.5 Å². The molecule has 0 N–H and O–H groups in total. The number of halogens is 5. The van der Waals surface area contributed by atoms with Gasteiger partial charge in [-0.1, -0.05) is 41.9 Å². The lowest BCUT2D eigenvalue weighted by atomic mass is 9.91. The van der Waals surface area contributed by atoms with Crippen molar-refractivity contribution in [1.82, 2.24) is 9.80 Å². The summed E-state index contributed by atoms with van der Waals surface area (Å²) in [6, 6.07) is 12.4. The summed E-state index contributed by atoms with van der Waals surface area (Å²) >= 11 is 6.37. The number of ether oxygens (including phenoxy) is 2. The van der Waals surface area contributed by atoms with Gasteiger partial charge in [0.25, 0.3) is 11.8 Å². The van der Waals surface area contributed by atoms with E-state index in [4.69, 9.17) is 16.3 Å². The lowest BCUT2D eigenvalue weighted by Gasteiger charge is -2.38. The van der Waals surface area contributed by atoms with Crippen LogP contribution in [-0.2, 0) is 19.9 Å². The van der Waals surface area contributed by atoms with Crippen molar-refractivity contribution in [2.75, 3.05) is 45.2 Å². The fourth-order valence-corrected chi connectivity index (χ4v) is 5.98. The Balaban J connectivity index is 1.14. The quantitative estimate of drug-likeness (QED) is 0.340. The van der Waals surface area contributed by atoms with Crippen molar-refractivity contribution in [3.8, 4) is 0 Å². The van der Waals surface area contributed by atoms with Crippen LogP contribution in [0.2, 0.25) is 5.02 Å². The number of alkyl halides is 4. The highest BCUT2D eigenvalue weighted by Crippen LogP contribution is 2.65. The Kier molecular flexibility index (Phi) is 7.99. The van der Waals surface area contributed by atoms with Crippen molar-refractivity contribution in [3.05, 3.63) is 64.7 Å². The average Bonchev–Trinajstić information content (AvgIpc) is 3.62. The van der Waals surface area contributed by atoms with E-state index in [-0.39, 0.29) is 36.8 Å². The SMILES string of the molecule is CN(C)C(=O)c1ccc(N2CCC(OC3CCN(C(=O)[C@@]4(c5ccccc5)OC4(F)C(F)(F)F)CC3)CC2)cc1Cl. The maximum absolute atomic E-state index is 15.0. The maximum Gasteiger partial charge on any atom is 0.452 e. The second-order valence-corrected chi connectivity index (χ2v) is 11.3. The molecular weight excluding hydrogens is 566 g/mol. The lowest BCUT2D eigenvalue weighted by molar-refractivity contribution is -0.226. The Bertz CT molecular complexity index is 1280. The van der Waals surface area contributed by atoms with E-state index in [2.05, 4.69) is 9.64 Å². The Morgan fingerprint density at radius 2 is 1.56 bits per heavy atom. The van der Waals surface area contributed by atoms with Gasteiger partial charge in [-0.15, -0.1) is 0 Å². The van der Waals surface area contributed by atoms with Gasteiger partial charge in [-0.25, -0.2) is 0 Å². The van der Waals surface area contributed by atoms with E-state index in [1.807, 2.05) is 6.07 Å². The molecule has 3 aliphatic rings. The van der Waals surface area contributed by atoms with Crippen molar-refractivity contribution in [3.63, 3.8) is 0 Å². The topological polar surface area (TPSA) is 65.6 Å². The number of piperidine rings is 2. The highest BCUT2D eigenvalue weighted by Gasteiger charge is 2.89. The van der Waals surface area contributed by atoms with Crippen LogP contribution < -0.4 is 4.90 Å². The molecule has 0 aliphatic carbocycles. The van der Waals surface area contributed by atoms with E-state index in [9.17, 15) is 22.8 Å². The Morgan fingerprint density at radius 1 is 0.976 bits per heavy atom. The van der Waals surface area contributed by atoms with E-state index >= 15 is 4.39 Å². The number of carbonyl (C=O) groups is 2. The van der Waals surface area contributed by atoms with Gasteiger partial charge in [0.1, 0.15) is 0 Å². The standard InChI is InChI=1S/C29H32ClF4N3O4/c1-35(2)25(38)23-9-8-20(18-24(23)30)36-14-10-21(11-15-36)40-22-12-16-37(17-13-22)26(39)27(19-6-4-3-5-7-19)28(31,41-27)29(32,33)34/h3-9,18,21-22H,10-17H2,1-2H3/t27-,28?/m1/s1. The molecule has 1 unspecified atom stereocenters. The smallest absolute Gasteiger partial charge is 0.375 e. The number of likely N-dealkylation sites (tertiary alicyclic amines) is 1. The number of amides is 2. The summed E-state index contributed by atoms with van der Waals surface area (Å²) in [5.41, 5.74) is -1.52. The Labute approximate surface area is 240 Å². The second kappa shape index (κ2) is 11.1. The third kappa shape index (κ3) is 5.39. The van der Waals surface area contributed by atoms with Gasteiger partial charge in [0.15, 0.2) is 0 Å². The molecule has 0 aromatic heterocycles. The molecule has 7 nitrogen and oxygen atoms in total. The molecule has 12 heteroatoms. The minimum atomic E-state index is -5.36. The molecule has 2 amide bonds. The molecule has 2 atom stereocenters. The van der Waals surface area contributed by atoms with E-state index in [0.717, 1.165) is 31.6 Å². The van der Waals surface area contributed by atoms with Gasteiger partial charge in [0.05, 0.1) is 22.8 Å². The maximum atomic E-state index is 15.0. The third-order valence-electron chi connectivity index (χ3n) is 8.06. The minimum absolute atomic E-state index is 0.00490. The number of epoxide rings is 1. The highest BCUT2D eigenvalue weighted by atomic mass is 35.5. The van der Waals surface area contributed by atoms with E-state index in [1.54, 1.807) is 32.3 Å². The molecule has 222 valence electrons. The number of anilines is 1. The predicted octanol–water partition coefficient (Wildman–Crippen LogP) is 5.17. The zero-order valence-electron chi connectivity index (χ0n) is 22.8. The predicted molar refractivity (Wildman–Crippen MR) is 144 cm³/mol. The molecule has 0 spiro atoms. The highest BCUT2D eigenvalue weighted by molar-refractivity contribution is 6.34. The molecule has 0 bridgehead atoms. The summed E-state index contributed by atoms with van der Waals surface area (Å²) in [6.45, 7) is 1.74. The first-order valence-electron chi connectivity index (χ1n) is 13.6. The number of nitrogens with zero attached hydrogens (tertiary/aromatic N) is 3. The van der Waals surface area contributed by atoms with Crippen LogP contribution in [0.15, 0.2) is 48.5 Å². The molecule has 3 heterocycles. The van der Waals surface area contributed by atoms with Crippen molar-refractivity contribution >= 4 is 29.1 Å². The fourth-order valence-electron chi connectivity index (χ4n) is 5.72. The van der Waals surface area contributed by atoms with Crippen LogP contribution in [0.1, 0.15) is 41.6 Å². The Morgan fingerprint density at radius 3 is 2.07 bits per heavy atom. The summed E-state index contributed by atoms with van der Waals surface area (Å²) in [4.78, 5) is 30.5. The van der Waals surface area contributed by atoms with Crippen LogP contribution in [0.5, 0.6) is 0 Å². The van der Waals surface area contributed by atoms with Crippen molar-refractivity contribution in [2.24, 2.45) is 0 Å². The second-order valence-electron chi connectivity index (χ2n) is 10.9. The number of hydrogen-bond acceptors (Lipinski definition) is 5. The molecule has 3 fully saturated rings. The average molecular weight is 598 g/mol. The van der Waals surface area contributed by atoms with Gasteiger partial charge >= 0.3 is 12.0 Å². The normalized spacial score (nSPS) is 25.7. The van der Waals surface area contributed by atoms with Gasteiger partial charge in [0, 0.05) is 46.0 Å². The molecule has 0 saturated carbocycles. The molecule has 0 radical (unpaired) electrons. The van der Waals surface area contributed by atoms with Crippen LogP contribution in [0.25, 0.3) is 0 Å². The zero-order valence-corrected chi connectivity index (χ0v) is 23.6. The van der Waals surface area contributed by atoms with Crippen LogP contribution in [0, 0.1) is 0 Å². The summed E-state index contributed by atoms with van der Waals surface area (Å²) in [7, 11) is 3.34. The molecule has 41 heavy (non-hydrogen) atoms. The van der Waals surface area contributed by atoms with E-state index in [1.165, 1.54) is 34.1 Å². The molecule has 2 aromatic carbocycles. The van der Waals surface area contributed by atoms with Crippen LogP contribution in [0.4, 0.5) is 23.2 Å². The lowest BCUT2D eigenvalue weighted by Crippen LogP contribution is -2.50. The van der Waals surface area contributed by atoms with Gasteiger partial charge in [-0.05, 0) is 49.4 Å². The van der Waals surface area contributed by atoms with Crippen LogP contribution >= 0.6 is 11.6 Å². The zero-order chi connectivity index (χ0) is 29.6. The number of carbonyl (C=O) groups excluding carboxylic acids is 2. The molecule has 5 rings (SSSR count). The Hall–Kier alpha value is -2.89. The van der Waals surface area contributed by atoms with Crippen molar-refractivity contribution in [2.45, 2.75) is 55.5 Å². The first-order valence-corrected chi connectivity index (χ1v) is 14.0. The first-order chi connectivity index (χ1) is 19.4. The molecular formula is C29H32ClF4N3O4. The number of benzene rings is 2. The van der Waals surface area contributed by atoms with Crippen molar-refractivity contribution in [1.29, 1.82) is 0 Å². The van der Waals surface area contributed by atoms with Gasteiger partial charge in [-0.3, -0.25) is 9.59 Å². The third-order valence-corrected chi connectivity index (χ3v) is 8.37. The van der Waals surface area contributed by atoms with E-state index in [0.29, 0.717) is 23.4 Å². The fraction of sp³-hybridized carbons (Fsp3) is 0.517. The van der Waals surface area contributed by atoms with Crippen LogP contribution in [0.3, 0.4) is 0 Å². The molecule has 3 saturated heterocycles. The largest absolute Gasteiger partial charge is 0.452 e. The van der Waals surface area contributed by atoms with Crippen molar-refractivity contribution < 1.29 is 36.6 Å².